The van der Waals surface area contributed by atoms with Gasteiger partial charge >= 0.3 is 0 Å². The normalized spacial score (nSPS) is 15.4. The molecule has 1 aromatic heterocycles. The van der Waals surface area contributed by atoms with E-state index in [2.05, 4.69) is 27.3 Å². The largest absolute Gasteiger partial charge is 0.419 e. The highest BCUT2D eigenvalue weighted by Gasteiger charge is 2.25. The minimum absolute atomic E-state index is 0.546. The Morgan fingerprint density at radius 1 is 1.29 bits per heavy atom. The lowest BCUT2D eigenvalue weighted by atomic mass is 10.1. The second-order valence-electron chi connectivity index (χ2n) is 5.29. The Kier molecular flexibility index (Phi) is 4.53. The molecule has 1 aliphatic rings. The van der Waals surface area contributed by atoms with E-state index >= 15 is 0 Å². The molecule has 0 aliphatic carbocycles. The fourth-order valence-electron chi connectivity index (χ4n) is 2.41. The third-order valence-corrected chi connectivity index (χ3v) is 3.94. The molecule has 1 aromatic carbocycles. The molecule has 2 heterocycles. The highest BCUT2D eigenvalue weighted by Crippen LogP contribution is 2.21. The van der Waals surface area contributed by atoms with Crippen molar-refractivity contribution in [3.05, 3.63) is 35.2 Å². The van der Waals surface area contributed by atoms with Gasteiger partial charge in [0.05, 0.1) is 6.54 Å². The van der Waals surface area contributed by atoms with Gasteiger partial charge in [0.25, 0.3) is 0 Å². The number of nitrogens with zero attached hydrogens (tertiary/aromatic N) is 3. The van der Waals surface area contributed by atoms with Gasteiger partial charge in [0.15, 0.2) is 0 Å². The van der Waals surface area contributed by atoms with Crippen LogP contribution in [0.4, 0.5) is 0 Å². The van der Waals surface area contributed by atoms with Crippen LogP contribution >= 0.6 is 11.6 Å². The van der Waals surface area contributed by atoms with Crippen LogP contribution in [0.1, 0.15) is 19.2 Å². The van der Waals surface area contributed by atoms with Crippen molar-refractivity contribution < 1.29 is 4.42 Å². The molecule has 1 saturated heterocycles. The van der Waals surface area contributed by atoms with Crippen LogP contribution < -0.4 is 5.32 Å². The van der Waals surface area contributed by atoms with Gasteiger partial charge in [-0.3, -0.25) is 4.90 Å². The molecule has 1 N–H and O–H groups in total. The van der Waals surface area contributed by atoms with Gasteiger partial charge in [0.1, 0.15) is 0 Å². The molecule has 0 radical (unpaired) electrons. The zero-order chi connectivity index (χ0) is 14.7. The monoisotopic (exact) mass is 306 g/mol. The molecule has 21 heavy (non-hydrogen) atoms. The van der Waals surface area contributed by atoms with Crippen molar-refractivity contribution in [3.8, 4) is 11.5 Å². The summed E-state index contributed by atoms with van der Waals surface area (Å²) in [7, 11) is 0. The lowest BCUT2D eigenvalue weighted by molar-refractivity contribution is 0.126. The zero-order valence-corrected chi connectivity index (χ0v) is 12.8. The molecule has 1 fully saturated rings. The van der Waals surface area contributed by atoms with E-state index < -0.39 is 0 Å². The molecule has 112 valence electrons. The predicted molar refractivity (Wildman–Crippen MR) is 82.1 cm³/mol. The minimum Gasteiger partial charge on any atom is -0.419 e. The molecular formula is C15H19ClN4O. The van der Waals surface area contributed by atoms with Crippen molar-refractivity contribution in [2.45, 2.75) is 25.9 Å². The van der Waals surface area contributed by atoms with Gasteiger partial charge in [0, 0.05) is 29.7 Å². The molecule has 0 atom stereocenters. The van der Waals surface area contributed by atoms with Crippen LogP contribution in [0.15, 0.2) is 28.7 Å². The Hall–Kier alpha value is -1.43. The van der Waals surface area contributed by atoms with Gasteiger partial charge in [-0.15, -0.1) is 10.2 Å². The Labute approximate surface area is 129 Å². The highest BCUT2D eigenvalue weighted by atomic mass is 35.5. The van der Waals surface area contributed by atoms with E-state index in [1.54, 1.807) is 0 Å². The summed E-state index contributed by atoms with van der Waals surface area (Å²) in [6.07, 6.45) is 1.12. The number of halogens is 1. The first-order chi connectivity index (χ1) is 10.3. The Morgan fingerprint density at radius 2 is 2.05 bits per heavy atom. The van der Waals surface area contributed by atoms with Crippen molar-refractivity contribution in [1.82, 2.24) is 20.4 Å². The third-order valence-electron chi connectivity index (χ3n) is 3.68. The van der Waals surface area contributed by atoms with Gasteiger partial charge in [-0.25, -0.2) is 0 Å². The van der Waals surface area contributed by atoms with Crippen molar-refractivity contribution in [3.63, 3.8) is 0 Å². The maximum Gasteiger partial charge on any atom is 0.247 e. The summed E-state index contributed by atoms with van der Waals surface area (Å²) in [4.78, 5) is 2.40. The summed E-state index contributed by atoms with van der Waals surface area (Å²) >= 11 is 5.89. The quantitative estimate of drug-likeness (QED) is 0.889. The predicted octanol–water partition coefficient (Wildman–Crippen LogP) is 2.57. The summed E-state index contributed by atoms with van der Waals surface area (Å²) < 4.78 is 5.78. The Balaban J connectivity index is 1.70. The molecule has 5 nitrogen and oxygen atoms in total. The van der Waals surface area contributed by atoms with E-state index in [1.807, 2.05) is 24.3 Å². The van der Waals surface area contributed by atoms with Crippen molar-refractivity contribution in [2.75, 3.05) is 19.6 Å². The topological polar surface area (TPSA) is 54.2 Å². The van der Waals surface area contributed by atoms with Gasteiger partial charge in [-0.05, 0) is 37.2 Å². The maximum absolute atomic E-state index is 5.89. The van der Waals surface area contributed by atoms with Gasteiger partial charge < -0.3 is 9.73 Å². The number of benzene rings is 1. The third kappa shape index (κ3) is 3.43. The van der Waals surface area contributed by atoms with Crippen LogP contribution in [-0.2, 0) is 6.54 Å². The summed E-state index contributed by atoms with van der Waals surface area (Å²) in [6, 6.07) is 8.00. The Bertz CT molecular complexity index is 580. The van der Waals surface area contributed by atoms with Crippen molar-refractivity contribution >= 4 is 11.6 Å². The second kappa shape index (κ2) is 6.56. The summed E-state index contributed by atoms with van der Waals surface area (Å²) in [5.74, 6) is 1.21. The van der Waals surface area contributed by atoms with Gasteiger partial charge in [-0.1, -0.05) is 18.5 Å². The van der Waals surface area contributed by atoms with Crippen LogP contribution in [0.5, 0.6) is 0 Å². The van der Waals surface area contributed by atoms with Crippen LogP contribution in [0.3, 0.4) is 0 Å². The number of aromatic nitrogens is 2. The van der Waals surface area contributed by atoms with E-state index in [-0.39, 0.29) is 0 Å². The van der Waals surface area contributed by atoms with Gasteiger partial charge in [0.2, 0.25) is 11.8 Å². The van der Waals surface area contributed by atoms with E-state index in [0.717, 1.165) is 31.6 Å². The smallest absolute Gasteiger partial charge is 0.247 e. The summed E-state index contributed by atoms with van der Waals surface area (Å²) in [5, 5.41) is 12.3. The fourth-order valence-corrected chi connectivity index (χ4v) is 2.54. The molecule has 0 amide bonds. The molecular weight excluding hydrogens is 288 g/mol. The SMILES string of the molecule is CCCN(Cc1nnc(-c2ccc(Cl)cc2)o1)C1CNC1. The number of rotatable bonds is 6. The second-order valence-corrected chi connectivity index (χ2v) is 5.73. The average Bonchev–Trinajstić information content (AvgIpc) is 2.86. The highest BCUT2D eigenvalue weighted by molar-refractivity contribution is 6.30. The van der Waals surface area contributed by atoms with E-state index in [0.29, 0.717) is 29.4 Å². The van der Waals surface area contributed by atoms with E-state index in [1.165, 1.54) is 0 Å². The maximum atomic E-state index is 5.89. The lowest BCUT2D eigenvalue weighted by Gasteiger charge is -2.37. The van der Waals surface area contributed by atoms with Crippen molar-refractivity contribution in [1.29, 1.82) is 0 Å². The van der Waals surface area contributed by atoms with Crippen LogP contribution in [0.2, 0.25) is 5.02 Å². The first-order valence-electron chi connectivity index (χ1n) is 7.29. The minimum atomic E-state index is 0.546. The first-order valence-corrected chi connectivity index (χ1v) is 7.67. The summed E-state index contributed by atoms with van der Waals surface area (Å²) in [5.41, 5.74) is 0.894. The van der Waals surface area contributed by atoms with Crippen LogP contribution in [0, 0.1) is 0 Å². The molecule has 3 rings (SSSR count). The molecule has 0 bridgehead atoms. The van der Waals surface area contributed by atoms with Crippen LogP contribution in [0.25, 0.3) is 11.5 Å². The average molecular weight is 307 g/mol. The van der Waals surface area contributed by atoms with Gasteiger partial charge in [-0.2, -0.15) is 0 Å². The number of hydrogen-bond donors (Lipinski definition) is 1. The molecule has 6 heteroatoms. The van der Waals surface area contributed by atoms with E-state index in [4.69, 9.17) is 16.0 Å². The fraction of sp³-hybridized carbons (Fsp3) is 0.467. The molecule has 0 saturated carbocycles. The standard InChI is InChI=1S/C15H19ClN4O/c1-2-7-20(13-8-17-9-13)10-14-18-19-15(21-14)11-3-5-12(16)6-4-11/h3-6,13,17H,2,7-10H2,1H3. The first kappa shape index (κ1) is 14.5. The van der Waals surface area contributed by atoms with E-state index in [9.17, 15) is 0 Å². The zero-order valence-electron chi connectivity index (χ0n) is 12.1. The molecule has 2 aromatic rings. The van der Waals surface area contributed by atoms with Crippen LogP contribution in [-0.4, -0.2) is 40.8 Å². The number of nitrogens with one attached hydrogen (secondary N) is 1. The molecule has 0 unspecified atom stereocenters. The molecule has 1 aliphatic heterocycles. The number of hydrogen-bond acceptors (Lipinski definition) is 5. The molecule has 0 spiro atoms. The Morgan fingerprint density at radius 3 is 2.67 bits per heavy atom. The lowest BCUT2D eigenvalue weighted by Crippen LogP contribution is -2.57. The van der Waals surface area contributed by atoms with Crippen molar-refractivity contribution in [2.24, 2.45) is 0 Å². The summed E-state index contributed by atoms with van der Waals surface area (Å²) in [6.45, 7) is 6.02.